The number of methoxy groups -OCH3 is 1. The highest BCUT2D eigenvalue weighted by Gasteiger charge is 2.64. The second-order valence-electron chi connectivity index (χ2n) is 7.04. The Bertz CT molecular complexity index is 1020. The van der Waals surface area contributed by atoms with Gasteiger partial charge in [-0.1, -0.05) is 0 Å². The number of aromatic hydroxyl groups is 2. The summed E-state index contributed by atoms with van der Waals surface area (Å²) in [7, 11) is 1.36. The first-order valence-corrected chi connectivity index (χ1v) is 8.48. The molecular formula is C19H16O8. The van der Waals surface area contributed by atoms with Gasteiger partial charge in [0.2, 0.25) is 5.75 Å². The smallest absolute Gasteiger partial charge is 0.317 e. The Labute approximate surface area is 153 Å². The number of carbonyl (C=O) groups excluding carboxylic acids is 2. The van der Waals surface area contributed by atoms with Crippen LogP contribution in [0.25, 0.3) is 0 Å². The summed E-state index contributed by atoms with van der Waals surface area (Å²) in [5, 5.41) is 20.6. The monoisotopic (exact) mass is 372 g/mol. The molecule has 1 aromatic heterocycles. The highest BCUT2D eigenvalue weighted by molar-refractivity contribution is 6.13. The third-order valence-corrected chi connectivity index (χ3v) is 5.77. The zero-order valence-corrected chi connectivity index (χ0v) is 14.6. The molecule has 2 bridgehead atoms. The van der Waals surface area contributed by atoms with Gasteiger partial charge in [-0.25, -0.2) is 0 Å². The summed E-state index contributed by atoms with van der Waals surface area (Å²) in [5.74, 6) is -2.26. The van der Waals surface area contributed by atoms with Gasteiger partial charge >= 0.3 is 5.97 Å². The first-order valence-electron chi connectivity index (χ1n) is 8.48. The summed E-state index contributed by atoms with van der Waals surface area (Å²) < 4.78 is 22.0. The van der Waals surface area contributed by atoms with Crippen molar-refractivity contribution in [3.8, 4) is 17.2 Å². The van der Waals surface area contributed by atoms with Crippen LogP contribution in [0, 0.1) is 6.92 Å². The third-order valence-electron chi connectivity index (χ3n) is 5.77. The molecule has 140 valence electrons. The molecule has 0 saturated carbocycles. The summed E-state index contributed by atoms with van der Waals surface area (Å²) in [4.78, 5) is 26.1. The number of ether oxygens (including phenoxy) is 3. The second-order valence-corrected chi connectivity index (χ2v) is 7.04. The quantitative estimate of drug-likeness (QED) is 0.578. The summed E-state index contributed by atoms with van der Waals surface area (Å²) in [5.41, 5.74) is 0.126. The van der Waals surface area contributed by atoms with Crippen LogP contribution in [0.3, 0.4) is 0 Å². The zero-order chi connectivity index (χ0) is 19.1. The molecule has 27 heavy (non-hydrogen) atoms. The lowest BCUT2D eigenvalue weighted by atomic mass is 9.79. The molecule has 1 saturated heterocycles. The Morgan fingerprint density at radius 3 is 2.78 bits per heavy atom. The molecule has 0 radical (unpaired) electrons. The zero-order valence-electron chi connectivity index (χ0n) is 14.6. The molecule has 0 amide bonds. The second kappa shape index (κ2) is 5.04. The normalized spacial score (nSPS) is 28.1. The van der Waals surface area contributed by atoms with Crippen molar-refractivity contribution in [2.24, 2.45) is 0 Å². The largest absolute Gasteiger partial charge is 0.504 e. The van der Waals surface area contributed by atoms with E-state index < -0.39 is 35.1 Å². The van der Waals surface area contributed by atoms with Gasteiger partial charge in [-0.15, -0.1) is 0 Å². The Balaban J connectivity index is 1.70. The number of Topliss-reactive ketones (excluding diaryl/α,β-unsaturated/α-hetero) is 1. The number of hydrogen-bond acceptors (Lipinski definition) is 8. The fourth-order valence-electron chi connectivity index (χ4n) is 4.53. The molecule has 3 aliphatic rings. The highest BCUT2D eigenvalue weighted by atomic mass is 16.6. The van der Waals surface area contributed by atoms with Crippen molar-refractivity contribution in [1.29, 1.82) is 0 Å². The number of phenolic OH excluding ortho intramolecular Hbond substituents is 2. The number of phenols is 2. The summed E-state index contributed by atoms with van der Waals surface area (Å²) >= 11 is 0. The van der Waals surface area contributed by atoms with E-state index in [0.29, 0.717) is 22.5 Å². The maximum Gasteiger partial charge on any atom is 0.317 e. The lowest BCUT2D eigenvalue weighted by molar-refractivity contribution is -0.175. The number of ketones is 1. The van der Waals surface area contributed by atoms with Gasteiger partial charge in [0.05, 0.1) is 25.5 Å². The first-order chi connectivity index (χ1) is 12.9. The molecule has 5 rings (SSSR count). The topological polar surface area (TPSA) is 115 Å². The van der Waals surface area contributed by atoms with Crippen LogP contribution in [-0.4, -0.2) is 34.7 Å². The van der Waals surface area contributed by atoms with Crippen molar-refractivity contribution < 1.29 is 38.4 Å². The van der Waals surface area contributed by atoms with Gasteiger partial charge in [0.15, 0.2) is 22.9 Å². The van der Waals surface area contributed by atoms with Crippen LogP contribution in [0.1, 0.15) is 51.3 Å². The molecule has 2 N–H and O–H groups in total. The van der Waals surface area contributed by atoms with Gasteiger partial charge in [0.25, 0.3) is 0 Å². The van der Waals surface area contributed by atoms with Crippen molar-refractivity contribution in [1.82, 2.24) is 0 Å². The van der Waals surface area contributed by atoms with Gasteiger partial charge < -0.3 is 28.8 Å². The number of benzene rings is 1. The fourth-order valence-corrected chi connectivity index (χ4v) is 4.53. The molecule has 8 nitrogen and oxygen atoms in total. The predicted octanol–water partition coefficient (Wildman–Crippen LogP) is 2.24. The number of aryl methyl sites for hydroxylation is 1. The van der Waals surface area contributed by atoms with E-state index >= 15 is 0 Å². The van der Waals surface area contributed by atoms with Crippen LogP contribution in [0.15, 0.2) is 16.7 Å². The maximum atomic E-state index is 13.2. The molecular weight excluding hydrogens is 356 g/mol. The molecule has 3 heterocycles. The molecule has 1 spiro atoms. The van der Waals surface area contributed by atoms with E-state index in [9.17, 15) is 19.8 Å². The fraction of sp³-hybridized carbons (Fsp3) is 0.368. The Hall–Kier alpha value is -3.00. The molecule has 3 atom stereocenters. The van der Waals surface area contributed by atoms with Crippen molar-refractivity contribution in [3.05, 3.63) is 40.3 Å². The lowest BCUT2D eigenvalue weighted by Gasteiger charge is -2.38. The highest BCUT2D eigenvalue weighted by Crippen LogP contribution is 2.58. The van der Waals surface area contributed by atoms with E-state index in [-0.39, 0.29) is 30.1 Å². The van der Waals surface area contributed by atoms with E-state index in [1.165, 1.54) is 19.4 Å². The molecule has 8 heteroatoms. The Morgan fingerprint density at radius 2 is 2.04 bits per heavy atom. The molecule has 2 aliphatic heterocycles. The SMILES string of the molecule is COc1cc2c(c(O)c1O)[C@@H]1C[C@@]3(OC2)C(=O)c2c(coc2C)[C@@H]3C(=O)O1. The average molecular weight is 372 g/mol. The van der Waals surface area contributed by atoms with Gasteiger partial charge in [-0.3, -0.25) is 9.59 Å². The van der Waals surface area contributed by atoms with Gasteiger partial charge in [0.1, 0.15) is 17.8 Å². The van der Waals surface area contributed by atoms with Crippen LogP contribution in [-0.2, 0) is 20.9 Å². The van der Waals surface area contributed by atoms with Crippen LogP contribution in [0.5, 0.6) is 17.2 Å². The van der Waals surface area contributed by atoms with Crippen LogP contribution in [0.2, 0.25) is 0 Å². The predicted molar refractivity (Wildman–Crippen MR) is 87.8 cm³/mol. The molecule has 1 aromatic carbocycles. The third kappa shape index (κ3) is 1.80. The minimum absolute atomic E-state index is 0.0443. The number of rotatable bonds is 1. The van der Waals surface area contributed by atoms with E-state index in [2.05, 4.69) is 0 Å². The van der Waals surface area contributed by atoms with Crippen LogP contribution < -0.4 is 4.74 Å². The van der Waals surface area contributed by atoms with Crippen molar-refractivity contribution in [2.75, 3.05) is 7.11 Å². The van der Waals surface area contributed by atoms with E-state index in [0.717, 1.165) is 0 Å². The lowest BCUT2D eigenvalue weighted by Crippen LogP contribution is -2.49. The maximum absolute atomic E-state index is 13.2. The number of esters is 1. The standard InChI is InChI=1S/C19H16O8/c1-7-12-9(6-25-7)14-18(23)27-11-4-19(14,17(12)22)26-5-8-3-10(24-2)15(20)16(21)13(8)11/h3,6,11,14,20-21H,4-5H2,1-2H3/t11-,14+,19-/m0/s1. The van der Waals surface area contributed by atoms with Crippen LogP contribution in [0.4, 0.5) is 0 Å². The number of hydrogen-bond donors (Lipinski definition) is 2. The number of furan rings is 1. The summed E-state index contributed by atoms with van der Waals surface area (Å²) in [6.45, 7) is 1.61. The van der Waals surface area contributed by atoms with E-state index in [4.69, 9.17) is 18.6 Å². The molecule has 2 aromatic rings. The Kier molecular flexibility index (Phi) is 3.02. The van der Waals surface area contributed by atoms with E-state index in [1.807, 2.05) is 0 Å². The van der Waals surface area contributed by atoms with Gasteiger partial charge in [-0.05, 0) is 18.6 Å². The summed E-state index contributed by atoms with van der Waals surface area (Å²) in [6, 6.07) is 1.51. The number of fused-ring (bicyclic) bond motifs is 5. The van der Waals surface area contributed by atoms with Gasteiger partial charge in [0, 0.05) is 17.5 Å². The van der Waals surface area contributed by atoms with E-state index in [1.54, 1.807) is 6.92 Å². The molecule has 0 unspecified atom stereocenters. The first kappa shape index (κ1) is 16.2. The van der Waals surface area contributed by atoms with Crippen LogP contribution >= 0.6 is 0 Å². The van der Waals surface area contributed by atoms with Crippen molar-refractivity contribution in [2.45, 2.75) is 37.6 Å². The molecule has 1 fully saturated rings. The average Bonchev–Trinajstić information content (AvgIpc) is 3.07. The minimum Gasteiger partial charge on any atom is -0.504 e. The van der Waals surface area contributed by atoms with Crippen molar-refractivity contribution >= 4 is 11.8 Å². The minimum atomic E-state index is -1.42. The molecule has 1 aliphatic carbocycles. The Morgan fingerprint density at radius 1 is 1.26 bits per heavy atom. The summed E-state index contributed by atoms with van der Waals surface area (Å²) in [6.07, 6.45) is 0.522. The van der Waals surface area contributed by atoms with Crippen molar-refractivity contribution in [3.63, 3.8) is 0 Å². The van der Waals surface area contributed by atoms with Gasteiger partial charge in [-0.2, -0.15) is 0 Å². The number of carbonyl (C=O) groups is 2.